The van der Waals surface area contributed by atoms with Gasteiger partial charge in [0.05, 0.1) is 1.37 Å². The molecular weight excluding hydrogens is 118 g/mol. The molecule has 1 aliphatic rings. The molecule has 3 heteroatoms. The standard InChI is InChI=1S/C6H11NO2/c8-6(9)5-3-1-2-4-7-5/h5,7H,1-4H2,(H,8,9)/i1D2,2D2,3D2,4D2,5D. The third-order valence-electron chi connectivity index (χ3n) is 0.714. The molecule has 0 radical (unpaired) electrons. The van der Waals surface area contributed by atoms with Crippen molar-refractivity contribution in [3.8, 4) is 0 Å². The van der Waals surface area contributed by atoms with Crippen LogP contribution in [0.25, 0.3) is 0 Å². The first-order chi connectivity index (χ1) is 7.65. The van der Waals surface area contributed by atoms with Gasteiger partial charge in [0.1, 0.15) is 6.02 Å². The lowest BCUT2D eigenvalue weighted by Gasteiger charge is -2.18. The number of nitrogens with one attached hydrogen (secondary N) is 1. The Bertz CT molecular complexity index is 395. The van der Waals surface area contributed by atoms with E-state index in [2.05, 4.69) is 0 Å². The molecule has 52 valence electrons. The highest BCUT2D eigenvalue weighted by Crippen LogP contribution is 2.05. The molecule has 1 saturated heterocycles. The minimum absolute atomic E-state index is 1.42. The molecule has 0 spiro atoms. The maximum atomic E-state index is 10.9. The van der Waals surface area contributed by atoms with Crippen molar-refractivity contribution in [3.63, 3.8) is 0 Å². The number of rotatable bonds is 1. The van der Waals surface area contributed by atoms with Crippen LogP contribution < -0.4 is 5.32 Å². The van der Waals surface area contributed by atoms with Gasteiger partial charge in [-0.15, -0.1) is 0 Å². The summed E-state index contributed by atoms with van der Waals surface area (Å²) in [5.74, 6) is -2.13. The molecule has 1 atom stereocenters. The van der Waals surface area contributed by atoms with Gasteiger partial charge in [0.15, 0.2) is 0 Å². The molecule has 1 unspecified atom stereocenters. The molecule has 1 rings (SSSR count). The van der Waals surface area contributed by atoms with E-state index in [1.54, 1.807) is 0 Å². The molecule has 0 aromatic rings. The van der Waals surface area contributed by atoms with Crippen LogP contribution in [-0.2, 0) is 4.79 Å². The number of aliphatic carboxylic acids is 1. The summed E-state index contributed by atoms with van der Waals surface area (Å²) >= 11 is 0. The molecule has 1 heterocycles. The zero-order valence-electron chi connectivity index (χ0n) is 13.4. The number of carboxylic acids is 1. The van der Waals surface area contributed by atoms with Crippen molar-refractivity contribution in [3.05, 3.63) is 0 Å². The van der Waals surface area contributed by atoms with E-state index < -0.39 is 37.6 Å². The Balaban J connectivity index is 3.57. The summed E-state index contributed by atoms with van der Waals surface area (Å²) in [5.41, 5.74) is 0. The second-order valence-corrected chi connectivity index (χ2v) is 1.31. The van der Waals surface area contributed by atoms with Gasteiger partial charge >= 0.3 is 5.97 Å². The summed E-state index contributed by atoms with van der Waals surface area (Å²) in [6.07, 6.45) is -10.4. The van der Waals surface area contributed by atoms with Crippen LogP contribution in [0.5, 0.6) is 0 Å². The van der Waals surface area contributed by atoms with E-state index in [4.69, 9.17) is 17.4 Å². The first-order valence-electron chi connectivity index (χ1n) is 6.68. The summed E-state index contributed by atoms with van der Waals surface area (Å²) in [7, 11) is 0. The van der Waals surface area contributed by atoms with Crippen LogP contribution >= 0.6 is 0 Å². The van der Waals surface area contributed by atoms with Gasteiger partial charge in [0.2, 0.25) is 0 Å². The van der Waals surface area contributed by atoms with E-state index in [1.807, 2.05) is 0 Å². The highest BCUT2D eigenvalue weighted by molar-refractivity contribution is 5.73. The Morgan fingerprint density at radius 2 is 2.67 bits per heavy atom. The van der Waals surface area contributed by atoms with Crippen LogP contribution in [0.1, 0.15) is 31.5 Å². The van der Waals surface area contributed by atoms with Crippen molar-refractivity contribution in [2.75, 3.05) is 6.50 Å². The van der Waals surface area contributed by atoms with Gasteiger partial charge in [-0.25, -0.2) is 0 Å². The van der Waals surface area contributed by atoms with E-state index in [1.165, 1.54) is 5.32 Å². The van der Waals surface area contributed by atoms with Crippen molar-refractivity contribution in [2.45, 2.75) is 25.1 Å². The maximum Gasteiger partial charge on any atom is 0.320 e. The van der Waals surface area contributed by atoms with E-state index in [9.17, 15) is 4.79 Å². The third-order valence-corrected chi connectivity index (χ3v) is 0.714. The molecule has 0 aromatic heterocycles. The topological polar surface area (TPSA) is 49.3 Å². The summed E-state index contributed by atoms with van der Waals surface area (Å²) in [6.45, 7) is -3.22. The van der Waals surface area contributed by atoms with Gasteiger partial charge in [-0.05, 0) is 19.2 Å². The van der Waals surface area contributed by atoms with Gasteiger partial charge in [-0.3, -0.25) is 4.79 Å². The Kier molecular flexibility index (Phi) is 0.481. The fraction of sp³-hybridized carbons (Fsp3) is 0.833. The first kappa shape index (κ1) is 1.53. The summed E-state index contributed by atoms with van der Waals surface area (Å²) < 4.78 is 66.3. The van der Waals surface area contributed by atoms with Gasteiger partial charge in [0, 0.05) is 11.0 Å². The van der Waals surface area contributed by atoms with Crippen molar-refractivity contribution < 1.29 is 22.2 Å². The maximum absolute atomic E-state index is 10.9. The molecule has 9 heavy (non-hydrogen) atoms. The molecular formula is C6H11NO2. The molecule has 0 bridgehead atoms. The highest BCUT2D eigenvalue weighted by atomic mass is 16.4. The average molecular weight is 138 g/mol. The molecule has 0 amide bonds. The Labute approximate surface area is 66.7 Å². The third kappa shape index (κ3) is 1.68. The fourth-order valence-corrected chi connectivity index (χ4v) is 0.357. The fourth-order valence-electron chi connectivity index (χ4n) is 0.357. The van der Waals surface area contributed by atoms with Crippen molar-refractivity contribution in [1.82, 2.24) is 5.32 Å². The predicted molar refractivity (Wildman–Crippen MR) is 33.3 cm³/mol. The van der Waals surface area contributed by atoms with Gasteiger partial charge < -0.3 is 10.4 Å². The SMILES string of the molecule is [2H]C1([2H])NC([2H])(C(=O)O)C([2H])([2H])C([2H])([2H])C1([2H])[2H]. The minimum Gasteiger partial charge on any atom is -0.480 e. The lowest BCUT2D eigenvalue weighted by atomic mass is 10.1. The Morgan fingerprint density at radius 3 is 3.33 bits per heavy atom. The van der Waals surface area contributed by atoms with Crippen LogP contribution in [0.3, 0.4) is 0 Å². The van der Waals surface area contributed by atoms with Crippen LogP contribution in [0.15, 0.2) is 0 Å². The smallest absolute Gasteiger partial charge is 0.320 e. The van der Waals surface area contributed by atoms with Crippen molar-refractivity contribution in [2.24, 2.45) is 0 Å². The van der Waals surface area contributed by atoms with Crippen molar-refractivity contribution >= 4 is 5.97 Å². The average Bonchev–Trinajstić information content (AvgIpc) is 2.13. The molecule has 0 saturated carbocycles. The van der Waals surface area contributed by atoms with Gasteiger partial charge in [0.25, 0.3) is 0 Å². The molecule has 1 aliphatic heterocycles. The first-order valence-corrected chi connectivity index (χ1v) is 2.18. The van der Waals surface area contributed by atoms with E-state index in [0.717, 1.165) is 0 Å². The zero-order chi connectivity index (χ0) is 14.8. The minimum atomic E-state index is -3.52. The Hall–Kier alpha value is -0.570. The van der Waals surface area contributed by atoms with E-state index >= 15 is 0 Å². The molecule has 0 aromatic carbocycles. The second-order valence-electron chi connectivity index (χ2n) is 1.31. The van der Waals surface area contributed by atoms with E-state index in [0.29, 0.717) is 0 Å². The summed E-state index contributed by atoms with van der Waals surface area (Å²) in [6, 6.07) is -3.34. The number of hydrogen-bond donors (Lipinski definition) is 2. The summed E-state index contributed by atoms with van der Waals surface area (Å²) in [4.78, 5) is 10.9. The number of carboxylic acid groups (broad SMARTS) is 1. The number of hydrogen-bond acceptors (Lipinski definition) is 2. The second kappa shape index (κ2) is 2.82. The Morgan fingerprint density at radius 1 is 1.89 bits per heavy atom. The van der Waals surface area contributed by atoms with Crippen LogP contribution in [-0.4, -0.2) is 23.6 Å². The predicted octanol–water partition coefficient (Wildman–Crippen LogP) is 0.213. The van der Waals surface area contributed by atoms with Crippen molar-refractivity contribution in [1.29, 1.82) is 0 Å². The largest absolute Gasteiger partial charge is 0.480 e. The highest BCUT2D eigenvalue weighted by Gasteiger charge is 2.18. The lowest BCUT2D eigenvalue weighted by molar-refractivity contribution is -0.140. The lowest BCUT2D eigenvalue weighted by Crippen LogP contribution is -2.40. The molecule has 1 fully saturated rings. The molecule has 3 nitrogen and oxygen atoms in total. The van der Waals surface area contributed by atoms with Gasteiger partial charge in [-0.1, -0.05) is 6.37 Å². The van der Waals surface area contributed by atoms with E-state index in [-0.39, 0.29) is 0 Å². The number of piperidine rings is 1. The van der Waals surface area contributed by atoms with Crippen LogP contribution in [0.4, 0.5) is 0 Å². The van der Waals surface area contributed by atoms with Crippen LogP contribution in [0, 0.1) is 0 Å². The quantitative estimate of drug-likeness (QED) is 0.544. The zero-order valence-corrected chi connectivity index (χ0v) is 4.36. The summed E-state index contributed by atoms with van der Waals surface area (Å²) in [5, 5.41) is 10.2. The molecule has 2 N–H and O–H groups in total. The molecule has 0 aliphatic carbocycles. The normalized spacial score (nSPS) is 73.1. The monoisotopic (exact) mass is 138 g/mol. The number of carbonyl (C=O) groups is 1. The van der Waals surface area contributed by atoms with Crippen LogP contribution in [0.2, 0.25) is 0 Å². The van der Waals surface area contributed by atoms with Gasteiger partial charge in [-0.2, -0.15) is 0 Å².